The number of aromatic nitrogens is 6. The van der Waals surface area contributed by atoms with Crippen molar-refractivity contribution in [1.82, 2.24) is 34.7 Å². The molecular weight excluding hydrogens is 318 g/mol. The van der Waals surface area contributed by atoms with Gasteiger partial charge in [0.15, 0.2) is 0 Å². The molecule has 3 heterocycles. The van der Waals surface area contributed by atoms with Crippen LogP contribution in [0.2, 0.25) is 0 Å². The third kappa shape index (κ3) is 2.95. The first-order valence-electron chi connectivity index (χ1n) is 8.11. The van der Waals surface area contributed by atoms with E-state index in [4.69, 9.17) is 0 Å². The van der Waals surface area contributed by atoms with E-state index in [0.717, 1.165) is 28.2 Å². The lowest BCUT2D eigenvalue weighted by Crippen LogP contribution is -2.29. The number of amides is 1. The Bertz CT molecular complexity index is 917. The van der Waals surface area contributed by atoms with Gasteiger partial charge < -0.3 is 4.90 Å². The predicted octanol–water partition coefficient (Wildman–Crippen LogP) is 1.99. The Balaban J connectivity index is 1.85. The highest BCUT2D eigenvalue weighted by molar-refractivity contribution is 5.93. The molecule has 8 heteroatoms. The number of hydrogen-bond acceptors (Lipinski definition) is 4. The van der Waals surface area contributed by atoms with Crippen LogP contribution in [-0.4, -0.2) is 47.6 Å². The SMILES string of the molecule is Cc1nn(C)c(C)c1-c1cc(C(=O)N(C)C(C)c2cnn(C)c2)[nH]n1. The van der Waals surface area contributed by atoms with Crippen molar-refractivity contribution >= 4 is 5.91 Å². The lowest BCUT2D eigenvalue weighted by molar-refractivity contribution is 0.0736. The third-order valence-electron chi connectivity index (χ3n) is 4.68. The van der Waals surface area contributed by atoms with Gasteiger partial charge in [-0.25, -0.2) is 0 Å². The second-order valence-corrected chi connectivity index (χ2v) is 6.38. The van der Waals surface area contributed by atoms with Gasteiger partial charge in [0, 0.05) is 44.2 Å². The maximum absolute atomic E-state index is 12.8. The molecule has 0 aliphatic heterocycles. The molecule has 0 fully saturated rings. The molecule has 0 radical (unpaired) electrons. The highest BCUT2D eigenvalue weighted by Crippen LogP contribution is 2.26. The van der Waals surface area contributed by atoms with E-state index in [1.165, 1.54) is 0 Å². The normalized spacial score (nSPS) is 12.4. The molecule has 0 spiro atoms. The van der Waals surface area contributed by atoms with Crippen LogP contribution in [0.1, 0.15) is 40.4 Å². The molecule has 132 valence electrons. The summed E-state index contributed by atoms with van der Waals surface area (Å²) in [6, 6.07) is 1.70. The number of hydrogen-bond donors (Lipinski definition) is 1. The molecule has 0 aliphatic carbocycles. The Kier molecular flexibility index (Phi) is 4.20. The van der Waals surface area contributed by atoms with Crippen molar-refractivity contribution in [2.24, 2.45) is 14.1 Å². The van der Waals surface area contributed by atoms with Crippen molar-refractivity contribution < 1.29 is 4.79 Å². The molecule has 8 nitrogen and oxygen atoms in total. The van der Waals surface area contributed by atoms with E-state index in [0.29, 0.717) is 5.69 Å². The second-order valence-electron chi connectivity index (χ2n) is 6.38. The fraction of sp³-hybridized carbons (Fsp3) is 0.412. The average molecular weight is 341 g/mol. The average Bonchev–Trinajstić information content (AvgIpc) is 3.26. The van der Waals surface area contributed by atoms with Gasteiger partial charge in [0.1, 0.15) is 5.69 Å². The van der Waals surface area contributed by atoms with Gasteiger partial charge in [0.05, 0.1) is 23.6 Å². The molecular formula is C17H23N7O. The molecule has 0 aliphatic rings. The summed E-state index contributed by atoms with van der Waals surface area (Å²) in [6.07, 6.45) is 3.68. The minimum absolute atomic E-state index is 0.0881. The largest absolute Gasteiger partial charge is 0.334 e. The van der Waals surface area contributed by atoms with Gasteiger partial charge in [-0.1, -0.05) is 0 Å². The van der Waals surface area contributed by atoms with Crippen LogP contribution < -0.4 is 0 Å². The van der Waals surface area contributed by atoms with Crippen molar-refractivity contribution in [2.45, 2.75) is 26.8 Å². The lowest BCUT2D eigenvalue weighted by atomic mass is 10.1. The van der Waals surface area contributed by atoms with Crippen LogP contribution in [0.3, 0.4) is 0 Å². The van der Waals surface area contributed by atoms with Crippen LogP contribution >= 0.6 is 0 Å². The highest BCUT2D eigenvalue weighted by Gasteiger charge is 2.23. The van der Waals surface area contributed by atoms with Gasteiger partial charge in [-0.05, 0) is 26.8 Å². The Hall–Kier alpha value is -2.90. The maximum atomic E-state index is 12.8. The van der Waals surface area contributed by atoms with Crippen LogP contribution in [0.15, 0.2) is 18.5 Å². The van der Waals surface area contributed by atoms with E-state index < -0.39 is 0 Å². The van der Waals surface area contributed by atoms with E-state index in [-0.39, 0.29) is 11.9 Å². The number of aromatic amines is 1. The quantitative estimate of drug-likeness (QED) is 0.786. The van der Waals surface area contributed by atoms with Crippen LogP contribution in [-0.2, 0) is 14.1 Å². The van der Waals surface area contributed by atoms with Crippen LogP contribution in [0.25, 0.3) is 11.3 Å². The standard InChI is InChI=1S/C17H23N7O/c1-10-16(12(3)24(6)21-10)14-7-15(20-19-14)17(25)23(5)11(2)13-8-18-22(4)9-13/h7-9,11H,1-6H3,(H,19,20). The summed E-state index contributed by atoms with van der Waals surface area (Å²) in [5.41, 5.74) is 5.03. The summed E-state index contributed by atoms with van der Waals surface area (Å²) in [5.74, 6) is -0.116. The number of carbonyl (C=O) groups is 1. The molecule has 25 heavy (non-hydrogen) atoms. The molecule has 0 aromatic carbocycles. The summed E-state index contributed by atoms with van der Waals surface area (Å²) in [5, 5.41) is 15.8. The van der Waals surface area contributed by atoms with Crippen LogP contribution in [0.5, 0.6) is 0 Å². The molecule has 1 N–H and O–H groups in total. The zero-order valence-corrected chi connectivity index (χ0v) is 15.4. The first-order valence-corrected chi connectivity index (χ1v) is 8.11. The molecule has 3 rings (SSSR count). The second kappa shape index (κ2) is 6.19. The molecule has 0 bridgehead atoms. The molecule has 1 amide bonds. The Morgan fingerprint density at radius 1 is 1.32 bits per heavy atom. The lowest BCUT2D eigenvalue weighted by Gasteiger charge is -2.23. The summed E-state index contributed by atoms with van der Waals surface area (Å²) in [4.78, 5) is 14.5. The highest BCUT2D eigenvalue weighted by atomic mass is 16.2. The summed E-state index contributed by atoms with van der Waals surface area (Å²) in [6.45, 7) is 5.90. The van der Waals surface area contributed by atoms with Gasteiger partial charge in [0.2, 0.25) is 0 Å². The van der Waals surface area contributed by atoms with E-state index in [1.54, 1.807) is 28.9 Å². The van der Waals surface area contributed by atoms with Crippen LogP contribution in [0, 0.1) is 13.8 Å². The van der Waals surface area contributed by atoms with Crippen molar-refractivity contribution in [1.29, 1.82) is 0 Å². The van der Waals surface area contributed by atoms with Gasteiger partial charge in [0.25, 0.3) is 5.91 Å². The zero-order valence-electron chi connectivity index (χ0n) is 15.4. The summed E-state index contributed by atoms with van der Waals surface area (Å²) < 4.78 is 3.55. The monoisotopic (exact) mass is 341 g/mol. The molecule has 0 saturated carbocycles. The van der Waals surface area contributed by atoms with Crippen LogP contribution in [0.4, 0.5) is 0 Å². The molecule has 1 atom stereocenters. The number of nitrogens with one attached hydrogen (secondary N) is 1. The number of nitrogens with zero attached hydrogens (tertiary/aromatic N) is 6. The van der Waals surface area contributed by atoms with Gasteiger partial charge >= 0.3 is 0 Å². The smallest absolute Gasteiger partial charge is 0.272 e. The van der Waals surface area contributed by atoms with E-state index in [2.05, 4.69) is 20.4 Å². The zero-order chi connectivity index (χ0) is 18.3. The number of rotatable bonds is 4. The Morgan fingerprint density at radius 2 is 2.04 bits per heavy atom. The minimum Gasteiger partial charge on any atom is -0.334 e. The maximum Gasteiger partial charge on any atom is 0.272 e. The van der Waals surface area contributed by atoms with Crippen molar-refractivity contribution in [2.75, 3.05) is 7.05 Å². The minimum atomic E-state index is -0.116. The Morgan fingerprint density at radius 3 is 2.60 bits per heavy atom. The van der Waals surface area contributed by atoms with Crippen molar-refractivity contribution in [3.63, 3.8) is 0 Å². The van der Waals surface area contributed by atoms with Crippen molar-refractivity contribution in [3.05, 3.63) is 41.1 Å². The molecule has 3 aromatic heterocycles. The molecule has 1 unspecified atom stereocenters. The fourth-order valence-corrected chi connectivity index (χ4v) is 2.95. The first-order chi connectivity index (χ1) is 11.8. The third-order valence-corrected chi connectivity index (χ3v) is 4.68. The van der Waals surface area contributed by atoms with E-state index >= 15 is 0 Å². The van der Waals surface area contributed by atoms with E-state index in [1.807, 2.05) is 45.7 Å². The summed E-state index contributed by atoms with van der Waals surface area (Å²) >= 11 is 0. The van der Waals surface area contributed by atoms with Gasteiger partial charge in [-0.2, -0.15) is 15.3 Å². The van der Waals surface area contributed by atoms with Gasteiger partial charge in [-0.3, -0.25) is 19.3 Å². The summed E-state index contributed by atoms with van der Waals surface area (Å²) in [7, 11) is 5.53. The number of H-pyrrole nitrogens is 1. The predicted molar refractivity (Wildman–Crippen MR) is 94.0 cm³/mol. The fourth-order valence-electron chi connectivity index (χ4n) is 2.95. The van der Waals surface area contributed by atoms with Crippen molar-refractivity contribution in [3.8, 4) is 11.3 Å². The van der Waals surface area contributed by atoms with E-state index in [9.17, 15) is 4.79 Å². The molecule has 0 saturated heterocycles. The number of carbonyl (C=O) groups excluding carboxylic acids is 1. The molecule has 3 aromatic rings. The Labute approximate surface area is 146 Å². The first kappa shape index (κ1) is 16.9. The van der Waals surface area contributed by atoms with Gasteiger partial charge in [-0.15, -0.1) is 0 Å². The number of aryl methyl sites for hydroxylation is 3. The topological polar surface area (TPSA) is 84.6 Å².